The molecule has 1 unspecified atom stereocenters. The molecule has 0 bridgehead atoms. The Labute approximate surface area is 98.2 Å². The van der Waals surface area contributed by atoms with Crippen molar-refractivity contribution in [2.24, 2.45) is 5.92 Å². The molecule has 4 nitrogen and oxygen atoms in total. The minimum atomic E-state index is -0.481. The van der Waals surface area contributed by atoms with Crippen molar-refractivity contribution in [2.45, 2.75) is 52.7 Å². The van der Waals surface area contributed by atoms with Crippen LogP contribution in [0.25, 0.3) is 4.85 Å². The number of carbonyl (C=O) groups is 1. The molecule has 4 heteroatoms. The number of hydrogen-bond donors (Lipinski definition) is 1. The van der Waals surface area contributed by atoms with Crippen molar-refractivity contribution >= 4 is 6.09 Å². The highest BCUT2D eigenvalue weighted by atomic mass is 16.6. The Kier molecular flexibility index (Phi) is 5.87. The number of amides is 1. The Morgan fingerprint density at radius 3 is 2.38 bits per heavy atom. The van der Waals surface area contributed by atoms with Gasteiger partial charge in [-0.15, -0.1) is 0 Å². The number of carbonyl (C=O) groups excluding carboxylic acids is 1. The fourth-order valence-electron chi connectivity index (χ4n) is 1.23. The second-order valence-corrected chi connectivity index (χ2v) is 5.17. The molecule has 0 aliphatic carbocycles. The molecular formula is C12H22N2O2. The summed E-state index contributed by atoms with van der Waals surface area (Å²) in [6.45, 7) is 16.7. The third kappa shape index (κ3) is 7.10. The monoisotopic (exact) mass is 226 g/mol. The minimum Gasteiger partial charge on any atom is -0.444 e. The number of hydrogen-bond acceptors (Lipinski definition) is 2. The molecule has 0 radical (unpaired) electrons. The van der Waals surface area contributed by atoms with Crippen LogP contribution in [0.15, 0.2) is 0 Å². The lowest BCUT2D eigenvalue weighted by Gasteiger charge is -2.24. The van der Waals surface area contributed by atoms with Gasteiger partial charge in [-0.05, 0) is 26.7 Å². The van der Waals surface area contributed by atoms with Crippen LogP contribution in [0, 0.1) is 12.5 Å². The van der Waals surface area contributed by atoms with Crippen LogP contribution in [0.5, 0.6) is 0 Å². The standard InChI is InChI=1S/C12H22N2O2/c1-9(2)10(7-8-13-6)14-11(15)16-12(3,4)5/h9-10H,7-8H2,1-5H3,(H,14,15). The van der Waals surface area contributed by atoms with Gasteiger partial charge in [-0.3, -0.25) is 0 Å². The van der Waals surface area contributed by atoms with Gasteiger partial charge in [0.25, 0.3) is 0 Å². The number of ether oxygens (including phenoxy) is 1. The van der Waals surface area contributed by atoms with Crippen LogP contribution in [0.4, 0.5) is 4.79 Å². The average molecular weight is 226 g/mol. The predicted octanol–water partition coefficient (Wildman–Crippen LogP) is 2.85. The van der Waals surface area contributed by atoms with E-state index in [4.69, 9.17) is 11.3 Å². The smallest absolute Gasteiger partial charge is 0.407 e. The summed E-state index contributed by atoms with van der Waals surface area (Å²) < 4.78 is 5.17. The molecule has 0 rings (SSSR count). The summed E-state index contributed by atoms with van der Waals surface area (Å²) in [6, 6.07) is 0.00366. The molecule has 0 aromatic heterocycles. The molecule has 0 heterocycles. The molecule has 16 heavy (non-hydrogen) atoms. The molecule has 1 atom stereocenters. The predicted molar refractivity (Wildman–Crippen MR) is 64.1 cm³/mol. The summed E-state index contributed by atoms with van der Waals surface area (Å²) in [5, 5.41) is 2.80. The van der Waals surface area contributed by atoms with Crippen LogP contribution in [0.1, 0.15) is 41.0 Å². The van der Waals surface area contributed by atoms with Gasteiger partial charge in [0.05, 0.1) is 0 Å². The number of rotatable bonds is 4. The number of alkyl carbamates (subject to hydrolysis) is 1. The average Bonchev–Trinajstić information content (AvgIpc) is 2.08. The first kappa shape index (κ1) is 14.8. The third-order valence-electron chi connectivity index (χ3n) is 2.06. The van der Waals surface area contributed by atoms with Crippen molar-refractivity contribution in [1.29, 1.82) is 0 Å². The van der Waals surface area contributed by atoms with Gasteiger partial charge >= 0.3 is 6.09 Å². The normalized spacial score (nSPS) is 13.1. The van der Waals surface area contributed by atoms with E-state index in [-0.39, 0.29) is 6.04 Å². The lowest BCUT2D eigenvalue weighted by atomic mass is 10.0. The Morgan fingerprint density at radius 2 is 2.00 bits per heavy atom. The largest absolute Gasteiger partial charge is 0.444 e. The van der Waals surface area contributed by atoms with E-state index < -0.39 is 11.7 Å². The van der Waals surface area contributed by atoms with E-state index in [0.717, 1.165) is 0 Å². The number of nitrogens with zero attached hydrogens (tertiary/aromatic N) is 1. The van der Waals surface area contributed by atoms with Gasteiger partial charge in [-0.1, -0.05) is 13.8 Å². The molecule has 92 valence electrons. The zero-order valence-corrected chi connectivity index (χ0v) is 10.8. The second-order valence-electron chi connectivity index (χ2n) is 5.17. The second kappa shape index (κ2) is 6.37. The fraction of sp³-hybridized carbons (Fsp3) is 0.833. The van der Waals surface area contributed by atoms with Crippen molar-refractivity contribution in [3.63, 3.8) is 0 Å². The van der Waals surface area contributed by atoms with E-state index >= 15 is 0 Å². The molecule has 0 aliphatic heterocycles. The highest BCUT2D eigenvalue weighted by Crippen LogP contribution is 2.10. The Morgan fingerprint density at radius 1 is 1.44 bits per heavy atom. The molecule has 0 fully saturated rings. The summed E-state index contributed by atoms with van der Waals surface area (Å²) in [7, 11) is 0. The molecule has 0 saturated heterocycles. The van der Waals surface area contributed by atoms with Crippen molar-refractivity contribution in [2.75, 3.05) is 6.54 Å². The summed E-state index contributed by atoms with van der Waals surface area (Å²) in [5.41, 5.74) is -0.481. The zero-order valence-electron chi connectivity index (χ0n) is 10.8. The quantitative estimate of drug-likeness (QED) is 0.749. The molecule has 0 spiro atoms. The first-order chi connectivity index (χ1) is 7.26. The first-order valence-electron chi connectivity index (χ1n) is 5.59. The summed E-state index contributed by atoms with van der Waals surface area (Å²) in [6.07, 6.45) is 0.261. The van der Waals surface area contributed by atoms with Crippen LogP contribution < -0.4 is 5.32 Å². The van der Waals surface area contributed by atoms with Crippen LogP contribution in [-0.2, 0) is 4.74 Å². The minimum absolute atomic E-state index is 0.00366. The van der Waals surface area contributed by atoms with Crippen molar-refractivity contribution in [3.8, 4) is 0 Å². The van der Waals surface area contributed by atoms with Crippen molar-refractivity contribution in [1.82, 2.24) is 5.32 Å². The highest BCUT2D eigenvalue weighted by molar-refractivity contribution is 5.68. The molecule has 0 aromatic carbocycles. The Hall–Kier alpha value is -1.24. The van der Waals surface area contributed by atoms with Crippen LogP contribution in [0.2, 0.25) is 0 Å². The van der Waals surface area contributed by atoms with Crippen molar-refractivity contribution < 1.29 is 9.53 Å². The van der Waals surface area contributed by atoms with E-state index in [2.05, 4.69) is 10.2 Å². The van der Waals surface area contributed by atoms with E-state index in [1.807, 2.05) is 34.6 Å². The summed E-state index contributed by atoms with van der Waals surface area (Å²) >= 11 is 0. The SMILES string of the molecule is [C-]#[N+]CCC(NC(=O)OC(C)(C)C)C(C)C. The Balaban J connectivity index is 4.20. The molecule has 1 amide bonds. The van der Waals surface area contributed by atoms with Crippen LogP contribution in [0.3, 0.4) is 0 Å². The topological polar surface area (TPSA) is 42.7 Å². The summed E-state index contributed by atoms with van der Waals surface area (Å²) in [4.78, 5) is 14.8. The third-order valence-corrected chi connectivity index (χ3v) is 2.06. The Bertz CT molecular complexity index is 261. The van der Waals surface area contributed by atoms with E-state index in [1.54, 1.807) is 0 Å². The van der Waals surface area contributed by atoms with E-state index in [0.29, 0.717) is 18.9 Å². The maximum Gasteiger partial charge on any atom is 0.407 e. The molecule has 1 N–H and O–H groups in total. The van der Waals surface area contributed by atoms with Crippen LogP contribution >= 0.6 is 0 Å². The maximum absolute atomic E-state index is 11.5. The van der Waals surface area contributed by atoms with E-state index in [1.165, 1.54) is 0 Å². The molecule has 0 aromatic rings. The first-order valence-corrected chi connectivity index (χ1v) is 5.59. The van der Waals surface area contributed by atoms with Gasteiger partial charge in [-0.25, -0.2) is 11.4 Å². The van der Waals surface area contributed by atoms with Gasteiger partial charge in [0.1, 0.15) is 5.60 Å². The summed E-state index contributed by atoms with van der Waals surface area (Å²) in [5.74, 6) is 0.300. The highest BCUT2D eigenvalue weighted by Gasteiger charge is 2.21. The van der Waals surface area contributed by atoms with E-state index in [9.17, 15) is 4.79 Å². The van der Waals surface area contributed by atoms with Gasteiger partial charge in [0.2, 0.25) is 6.54 Å². The van der Waals surface area contributed by atoms with Crippen LogP contribution in [-0.4, -0.2) is 24.3 Å². The van der Waals surface area contributed by atoms with Gasteiger partial charge in [-0.2, -0.15) is 0 Å². The van der Waals surface area contributed by atoms with Gasteiger partial charge in [0.15, 0.2) is 0 Å². The van der Waals surface area contributed by atoms with Gasteiger partial charge < -0.3 is 14.9 Å². The lowest BCUT2D eigenvalue weighted by Crippen LogP contribution is -2.42. The maximum atomic E-state index is 11.5. The van der Waals surface area contributed by atoms with Crippen molar-refractivity contribution in [3.05, 3.63) is 11.4 Å². The fourth-order valence-corrected chi connectivity index (χ4v) is 1.23. The zero-order chi connectivity index (χ0) is 12.8. The van der Waals surface area contributed by atoms with Gasteiger partial charge in [0, 0.05) is 12.5 Å². The number of nitrogens with one attached hydrogen (secondary N) is 1. The molecular weight excluding hydrogens is 204 g/mol. The molecule has 0 saturated carbocycles. The molecule has 0 aliphatic rings. The lowest BCUT2D eigenvalue weighted by molar-refractivity contribution is 0.0489.